The average molecular weight is 376 g/mol. The van der Waals surface area contributed by atoms with E-state index in [4.69, 9.17) is 11.6 Å². The summed E-state index contributed by atoms with van der Waals surface area (Å²) in [5.41, 5.74) is 0.719. The molecule has 26 heavy (non-hydrogen) atoms. The van der Waals surface area contributed by atoms with Crippen molar-refractivity contribution in [2.45, 2.75) is 32.4 Å². The van der Waals surface area contributed by atoms with E-state index in [2.05, 4.69) is 25.8 Å². The van der Waals surface area contributed by atoms with Crippen LogP contribution < -0.4 is 5.32 Å². The standard InChI is InChI=1S/C16H15ClFN7O/c1-9-15(22-23-25(9)13-5-2-10(17)6-12(13)18)16(26)19-7-14-21-20-8-24(14)11-3-4-11/h2,5-6,8,11H,3-4,7H2,1H3,(H,19,26). The highest BCUT2D eigenvalue weighted by Gasteiger charge is 2.26. The molecule has 0 unspecified atom stereocenters. The highest BCUT2D eigenvalue weighted by atomic mass is 35.5. The Morgan fingerprint density at radius 3 is 2.92 bits per heavy atom. The largest absolute Gasteiger partial charge is 0.343 e. The van der Waals surface area contributed by atoms with Crippen LogP contribution in [-0.4, -0.2) is 35.7 Å². The summed E-state index contributed by atoms with van der Waals surface area (Å²) >= 11 is 5.77. The van der Waals surface area contributed by atoms with E-state index in [0.29, 0.717) is 17.6 Å². The molecule has 1 fully saturated rings. The van der Waals surface area contributed by atoms with Crippen molar-refractivity contribution in [2.24, 2.45) is 0 Å². The second-order valence-electron chi connectivity index (χ2n) is 6.10. The molecule has 134 valence electrons. The van der Waals surface area contributed by atoms with Crippen molar-refractivity contribution < 1.29 is 9.18 Å². The van der Waals surface area contributed by atoms with Gasteiger partial charge in [0.05, 0.1) is 12.2 Å². The molecule has 0 saturated heterocycles. The molecule has 2 heterocycles. The van der Waals surface area contributed by atoms with Gasteiger partial charge >= 0.3 is 0 Å². The fourth-order valence-corrected chi connectivity index (χ4v) is 2.87. The lowest BCUT2D eigenvalue weighted by Crippen LogP contribution is -2.25. The number of hydrogen-bond acceptors (Lipinski definition) is 5. The molecule has 0 aliphatic heterocycles. The van der Waals surface area contributed by atoms with Gasteiger partial charge in [-0.05, 0) is 38.0 Å². The third-order valence-corrected chi connectivity index (χ3v) is 4.48. The Kier molecular flexibility index (Phi) is 4.15. The second kappa shape index (κ2) is 6.49. The number of carbonyl (C=O) groups is 1. The van der Waals surface area contributed by atoms with Gasteiger partial charge in [0.1, 0.15) is 17.8 Å². The topological polar surface area (TPSA) is 90.5 Å². The van der Waals surface area contributed by atoms with Crippen LogP contribution in [0.4, 0.5) is 4.39 Å². The van der Waals surface area contributed by atoms with Gasteiger partial charge in [-0.3, -0.25) is 4.79 Å². The molecule has 1 N–H and O–H groups in total. The van der Waals surface area contributed by atoms with Crippen molar-refractivity contribution in [1.29, 1.82) is 0 Å². The first-order chi connectivity index (χ1) is 12.5. The molecule has 3 aromatic rings. The van der Waals surface area contributed by atoms with Crippen molar-refractivity contribution in [3.8, 4) is 5.69 Å². The van der Waals surface area contributed by atoms with E-state index in [1.165, 1.54) is 16.8 Å². The number of halogens is 2. The van der Waals surface area contributed by atoms with Crippen molar-refractivity contribution in [2.75, 3.05) is 0 Å². The zero-order valence-corrected chi connectivity index (χ0v) is 14.6. The normalized spacial score (nSPS) is 13.8. The maximum Gasteiger partial charge on any atom is 0.274 e. The van der Waals surface area contributed by atoms with Crippen LogP contribution in [0.5, 0.6) is 0 Å². The fraction of sp³-hybridized carbons (Fsp3) is 0.312. The number of amides is 1. The van der Waals surface area contributed by atoms with Crippen LogP contribution in [0.25, 0.3) is 5.69 Å². The van der Waals surface area contributed by atoms with Gasteiger partial charge in [-0.2, -0.15) is 0 Å². The van der Waals surface area contributed by atoms with Crippen LogP contribution in [0.3, 0.4) is 0 Å². The van der Waals surface area contributed by atoms with E-state index in [1.807, 2.05) is 4.57 Å². The van der Waals surface area contributed by atoms with Gasteiger partial charge in [-0.1, -0.05) is 16.8 Å². The summed E-state index contributed by atoms with van der Waals surface area (Å²) in [4.78, 5) is 12.4. The Morgan fingerprint density at radius 2 is 2.19 bits per heavy atom. The highest BCUT2D eigenvalue weighted by molar-refractivity contribution is 6.30. The Labute approximate surface area is 153 Å². The van der Waals surface area contributed by atoms with Gasteiger partial charge in [0.15, 0.2) is 11.5 Å². The SMILES string of the molecule is Cc1c(C(=O)NCc2nncn2C2CC2)nnn1-c1ccc(Cl)cc1F. The van der Waals surface area contributed by atoms with E-state index in [0.717, 1.165) is 12.8 Å². The van der Waals surface area contributed by atoms with Gasteiger partial charge < -0.3 is 9.88 Å². The summed E-state index contributed by atoms with van der Waals surface area (Å²) in [6, 6.07) is 4.64. The summed E-state index contributed by atoms with van der Waals surface area (Å²) < 4.78 is 17.3. The molecule has 1 aliphatic carbocycles. The quantitative estimate of drug-likeness (QED) is 0.738. The summed E-state index contributed by atoms with van der Waals surface area (Å²) in [6.07, 6.45) is 3.86. The highest BCUT2D eigenvalue weighted by Crippen LogP contribution is 2.35. The first-order valence-electron chi connectivity index (χ1n) is 8.09. The van der Waals surface area contributed by atoms with E-state index in [-0.39, 0.29) is 22.9 Å². The molecule has 1 aliphatic rings. The molecule has 0 bridgehead atoms. The minimum Gasteiger partial charge on any atom is -0.343 e. The van der Waals surface area contributed by atoms with Crippen molar-refractivity contribution >= 4 is 17.5 Å². The molecule has 0 spiro atoms. The molecule has 1 aromatic carbocycles. The molecule has 1 amide bonds. The molecule has 1 saturated carbocycles. The molecule has 0 atom stereocenters. The summed E-state index contributed by atoms with van der Waals surface area (Å²) in [7, 11) is 0. The zero-order valence-electron chi connectivity index (χ0n) is 13.9. The number of hydrogen-bond donors (Lipinski definition) is 1. The third-order valence-electron chi connectivity index (χ3n) is 4.24. The fourth-order valence-electron chi connectivity index (χ4n) is 2.71. The molecule has 8 nitrogen and oxygen atoms in total. The number of rotatable bonds is 5. The molecule has 2 aromatic heterocycles. The Balaban J connectivity index is 1.52. The predicted molar refractivity (Wildman–Crippen MR) is 90.5 cm³/mol. The van der Waals surface area contributed by atoms with E-state index >= 15 is 0 Å². The first-order valence-corrected chi connectivity index (χ1v) is 8.46. The average Bonchev–Trinajstić information content (AvgIpc) is 3.23. The van der Waals surface area contributed by atoms with Crippen molar-refractivity contribution in [1.82, 2.24) is 35.1 Å². The monoisotopic (exact) mass is 375 g/mol. The van der Waals surface area contributed by atoms with Gasteiger partial charge in [-0.25, -0.2) is 9.07 Å². The van der Waals surface area contributed by atoms with Gasteiger partial charge in [0.25, 0.3) is 5.91 Å². The van der Waals surface area contributed by atoms with Gasteiger partial charge in [0.2, 0.25) is 0 Å². The lowest BCUT2D eigenvalue weighted by atomic mass is 10.2. The van der Waals surface area contributed by atoms with Crippen LogP contribution in [0, 0.1) is 12.7 Å². The number of nitrogens with zero attached hydrogens (tertiary/aromatic N) is 6. The number of benzene rings is 1. The Hall–Kier alpha value is -2.81. The maximum absolute atomic E-state index is 14.1. The second-order valence-corrected chi connectivity index (χ2v) is 6.54. The van der Waals surface area contributed by atoms with Crippen LogP contribution in [-0.2, 0) is 6.54 Å². The van der Waals surface area contributed by atoms with Gasteiger partial charge in [0, 0.05) is 11.1 Å². The predicted octanol–water partition coefficient (Wildman–Crippen LogP) is 2.22. The number of carbonyl (C=O) groups excluding carboxylic acids is 1. The summed E-state index contributed by atoms with van der Waals surface area (Å²) in [6.45, 7) is 1.88. The third kappa shape index (κ3) is 3.05. The zero-order chi connectivity index (χ0) is 18.3. The lowest BCUT2D eigenvalue weighted by molar-refractivity contribution is 0.0943. The van der Waals surface area contributed by atoms with E-state index < -0.39 is 11.7 Å². The number of nitrogens with one attached hydrogen (secondary N) is 1. The summed E-state index contributed by atoms with van der Waals surface area (Å²) in [5.74, 6) is -0.266. The maximum atomic E-state index is 14.1. The Bertz CT molecular complexity index is 979. The molecule has 4 rings (SSSR count). The lowest BCUT2D eigenvalue weighted by Gasteiger charge is -2.07. The van der Waals surface area contributed by atoms with Crippen LogP contribution in [0.15, 0.2) is 24.5 Å². The summed E-state index contributed by atoms with van der Waals surface area (Å²) in [5, 5.41) is 18.7. The van der Waals surface area contributed by atoms with Crippen molar-refractivity contribution in [3.05, 3.63) is 52.6 Å². The molecular formula is C16H15ClFN7O. The number of aromatic nitrogens is 6. The van der Waals surface area contributed by atoms with E-state index in [9.17, 15) is 9.18 Å². The Morgan fingerprint density at radius 1 is 1.38 bits per heavy atom. The minimum absolute atomic E-state index is 0.122. The van der Waals surface area contributed by atoms with Crippen LogP contribution in [0.1, 0.15) is 40.9 Å². The molecular weight excluding hydrogens is 361 g/mol. The van der Waals surface area contributed by atoms with Crippen LogP contribution in [0.2, 0.25) is 5.02 Å². The van der Waals surface area contributed by atoms with Crippen LogP contribution >= 0.6 is 11.6 Å². The first kappa shape index (κ1) is 16.6. The van der Waals surface area contributed by atoms with Crippen molar-refractivity contribution in [3.63, 3.8) is 0 Å². The minimum atomic E-state index is -0.546. The molecule has 10 heteroatoms. The van der Waals surface area contributed by atoms with E-state index in [1.54, 1.807) is 19.3 Å². The van der Waals surface area contributed by atoms with Gasteiger partial charge in [-0.15, -0.1) is 15.3 Å². The molecule has 0 radical (unpaired) electrons. The smallest absolute Gasteiger partial charge is 0.274 e.